The minimum atomic E-state index is -0.952. The van der Waals surface area contributed by atoms with Crippen LogP contribution in [0.5, 0.6) is 0 Å². The van der Waals surface area contributed by atoms with Crippen LogP contribution in [0.4, 0.5) is 0 Å². The molecule has 1 aromatic heterocycles. The first-order chi connectivity index (χ1) is 15.5. The average Bonchev–Trinajstić information content (AvgIpc) is 3.22. The molecule has 0 atom stereocenters. The number of amides is 1. The Hall–Kier alpha value is -4.41. The second-order valence-electron chi connectivity index (χ2n) is 7.20. The maximum atomic E-state index is 12.4. The third kappa shape index (κ3) is 4.51. The Morgan fingerprint density at radius 3 is 2.56 bits per heavy atom. The fraction of sp³-hybridized carbons (Fsp3) is 0.0800. The highest BCUT2D eigenvalue weighted by molar-refractivity contribution is 5.98. The van der Waals surface area contributed by atoms with Gasteiger partial charge in [-0.2, -0.15) is 5.26 Å². The quantitative estimate of drug-likeness (QED) is 0.436. The van der Waals surface area contributed by atoms with E-state index in [1.165, 1.54) is 0 Å². The molecule has 7 heteroatoms. The molecular weight excluding hydrogens is 406 g/mol. The number of nitrogens with zero attached hydrogens (tertiary/aromatic N) is 2. The Bertz CT molecular complexity index is 1340. The van der Waals surface area contributed by atoms with Gasteiger partial charge in [0.2, 0.25) is 0 Å². The van der Waals surface area contributed by atoms with Gasteiger partial charge in [-0.05, 0) is 47.5 Å². The van der Waals surface area contributed by atoms with Crippen LogP contribution in [0, 0.1) is 11.3 Å². The fourth-order valence-corrected chi connectivity index (χ4v) is 3.48. The maximum absolute atomic E-state index is 12.4. The van der Waals surface area contributed by atoms with E-state index in [0.29, 0.717) is 22.4 Å². The molecule has 0 aliphatic heterocycles. The summed E-state index contributed by atoms with van der Waals surface area (Å²) < 4.78 is 1.84. The molecule has 0 aliphatic carbocycles. The third-order valence-electron chi connectivity index (χ3n) is 5.00. The van der Waals surface area contributed by atoms with Crippen LogP contribution < -0.4 is 5.48 Å². The zero-order chi connectivity index (χ0) is 22.5. The van der Waals surface area contributed by atoms with Crippen LogP contribution in [-0.4, -0.2) is 21.6 Å². The van der Waals surface area contributed by atoms with Crippen molar-refractivity contribution in [2.75, 3.05) is 0 Å². The van der Waals surface area contributed by atoms with E-state index < -0.39 is 5.97 Å². The molecule has 3 aromatic carbocycles. The monoisotopic (exact) mass is 425 g/mol. The molecule has 0 fully saturated rings. The summed E-state index contributed by atoms with van der Waals surface area (Å²) in [6.45, 7) is 0.264. The number of hydrogen-bond donors (Lipinski definition) is 2. The van der Waals surface area contributed by atoms with E-state index in [4.69, 9.17) is 9.94 Å². The van der Waals surface area contributed by atoms with Crippen LogP contribution in [-0.2, 0) is 22.7 Å². The van der Waals surface area contributed by atoms with Crippen molar-refractivity contribution in [2.24, 2.45) is 0 Å². The summed E-state index contributed by atoms with van der Waals surface area (Å²) in [5, 5.41) is 19.3. The van der Waals surface area contributed by atoms with E-state index in [1.54, 1.807) is 36.4 Å². The number of carbonyl (C=O) groups is 2. The molecule has 4 aromatic rings. The lowest BCUT2D eigenvalue weighted by molar-refractivity contribution is -0.136. The number of nitrogens with one attached hydrogen (secondary N) is 1. The molecule has 2 N–H and O–H groups in total. The fourth-order valence-electron chi connectivity index (χ4n) is 3.48. The Balaban J connectivity index is 1.53. The highest BCUT2D eigenvalue weighted by atomic mass is 16.6. The van der Waals surface area contributed by atoms with Crippen molar-refractivity contribution < 1.29 is 19.5 Å². The Morgan fingerprint density at radius 1 is 1.00 bits per heavy atom. The molecule has 0 spiro atoms. The summed E-state index contributed by atoms with van der Waals surface area (Å²) in [7, 11) is 0. The zero-order valence-corrected chi connectivity index (χ0v) is 17.0. The highest BCUT2D eigenvalue weighted by Crippen LogP contribution is 2.25. The van der Waals surface area contributed by atoms with E-state index in [0.717, 1.165) is 16.5 Å². The Kier molecular flexibility index (Phi) is 5.97. The van der Waals surface area contributed by atoms with Crippen LogP contribution >= 0.6 is 0 Å². The van der Waals surface area contributed by atoms with Gasteiger partial charge in [0.05, 0.1) is 29.8 Å². The lowest BCUT2D eigenvalue weighted by atomic mass is 10.1. The predicted molar refractivity (Wildman–Crippen MR) is 118 cm³/mol. The third-order valence-corrected chi connectivity index (χ3v) is 5.00. The average molecular weight is 425 g/mol. The summed E-state index contributed by atoms with van der Waals surface area (Å²) >= 11 is 0. The van der Waals surface area contributed by atoms with E-state index in [2.05, 4.69) is 11.5 Å². The van der Waals surface area contributed by atoms with E-state index in [1.807, 2.05) is 47.2 Å². The lowest BCUT2D eigenvalue weighted by Crippen LogP contribution is -2.23. The summed E-state index contributed by atoms with van der Waals surface area (Å²) in [6, 6.07) is 23.8. The number of nitriles is 1. The van der Waals surface area contributed by atoms with Crippen LogP contribution in [0.2, 0.25) is 0 Å². The standard InChI is InChI=1S/C25H19N3O4/c26-15-21-12-18(13-24(29)30)6-8-23(21)28-11-10-19-14-20(7-9-22(19)28)25(31)27-32-16-17-4-2-1-3-5-17/h1-12,14H,13,16H2,(H,27,31)(H,29,30). The van der Waals surface area contributed by atoms with Gasteiger partial charge in [0, 0.05) is 17.1 Å². The molecule has 0 saturated carbocycles. The summed E-state index contributed by atoms with van der Waals surface area (Å²) in [5.41, 5.74) is 6.23. The molecule has 0 saturated heterocycles. The van der Waals surface area contributed by atoms with Crippen molar-refractivity contribution in [2.45, 2.75) is 13.0 Å². The summed E-state index contributed by atoms with van der Waals surface area (Å²) in [4.78, 5) is 28.7. The van der Waals surface area contributed by atoms with E-state index >= 15 is 0 Å². The number of aliphatic carboxylic acids is 1. The molecule has 4 rings (SSSR count). The molecule has 1 heterocycles. The van der Waals surface area contributed by atoms with Gasteiger partial charge in [-0.15, -0.1) is 0 Å². The van der Waals surface area contributed by atoms with Gasteiger partial charge < -0.3 is 9.67 Å². The number of benzene rings is 3. The zero-order valence-electron chi connectivity index (χ0n) is 17.0. The van der Waals surface area contributed by atoms with Crippen molar-refractivity contribution in [3.8, 4) is 11.8 Å². The number of carboxylic acids is 1. The molecule has 1 amide bonds. The number of rotatable bonds is 7. The SMILES string of the molecule is N#Cc1cc(CC(=O)O)ccc1-n1ccc2cc(C(=O)NOCc3ccccc3)ccc21. The lowest BCUT2D eigenvalue weighted by Gasteiger charge is -2.10. The molecule has 0 radical (unpaired) electrons. The highest BCUT2D eigenvalue weighted by Gasteiger charge is 2.13. The van der Waals surface area contributed by atoms with Gasteiger partial charge >= 0.3 is 5.97 Å². The topological polar surface area (TPSA) is 104 Å². The van der Waals surface area contributed by atoms with E-state index in [9.17, 15) is 14.9 Å². The molecular formula is C25H19N3O4. The van der Waals surface area contributed by atoms with E-state index in [-0.39, 0.29) is 18.9 Å². The van der Waals surface area contributed by atoms with Crippen LogP contribution in [0.25, 0.3) is 16.6 Å². The Labute approximate surface area is 184 Å². The smallest absolute Gasteiger partial charge is 0.307 e. The number of carboxylic acid groups (broad SMARTS) is 1. The van der Waals surface area contributed by atoms with Gasteiger partial charge in [0.15, 0.2) is 0 Å². The van der Waals surface area contributed by atoms with Crippen LogP contribution in [0.15, 0.2) is 79.0 Å². The van der Waals surface area contributed by atoms with Gasteiger partial charge in [0.1, 0.15) is 6.07 Å². The molecule has 0 bridgehead atoms. The van der Waals surface area contributed by atoms with Gasteiger partial charge in [-0.25, -0.2) is 5.48 Å². The number of hydrogen-bond acceptors (Lipinski definition) is 4. The first-order valence-corrected chi connectivity index (χ1v) is 9.87. The van der Waals surface area contributed by atoms with Crippen molar-refractivity contribution in [1.82, 2.24) is 10.0 Å². The molecule has 32 heavy (non-hydrogen) atoms. The number of hydroxylamine groups is 1. The first-order valence-electron chi connectivity index (χ1n) is 9.87. The normalized spacial score (nSPS) is 10.6. The second-order valence-corrected chi connectivity index (χ2v) is 7.20. The molecule has 0 unspecified atom stereocenters. The van der Waals surface area contributed by atoms with Gasteiger partial charge in [-0.3, -0.25) is 14.4 Å². The number of fused-ring (bicyclic) bond motifs is 1. The second kappa shape index (κ2) is 9.16. The minimum Gasteiger partial charge on any atom is -0.481 e. The molecule has 7 nitrogen and oxygen atoms in total. The largest absolute Gasteiger partial charge is 0.481 e. The predicted octanol–water partition coefficient (Wildman–Crippen LogP) is 3.99. The van der Waals surface area contributed by atoms with Crippen LogP contribution in [0.1, 0.15) is 27.0 Å². The van der Waals surface area contributed by atoms with Crippen molar-refractivity contribution >= 4 is 22.8 Å². The van der Waals surface area contributed by atoms with Gasteiger partial charge in [0.25, 0.3) is 5.91 Å². The molecule has 0 aliphatic rings. The summed E-state index contributed by atoms with van der Waals surface area (Å²) in [6.07, 6.45) is 1.66. The Morgan fingerprint density at radius 2 is 1.81 bits per heavy atom. The number of aromatic nitrogens is 1. The van der Waals surface area contributed by atoms with Crippen molar-refractivity contribution in [3.05, 3.63) is 101 Å². The van der Waals surface area contributed by atoms with Crippen molar-refractivity contribution in [1.29, 1.82) is 5.26 Å². The maximum Gasteiger partial charge on any atom is 0.307 e. The van der Waals surface area contributed by atoms with Crippen LogP contribution in [0.3, 0.4) is 0 Å². The van der Waals surface area contributed by atoms with Crippen molar-refractivity contribution in [3.63, 3.8) is 0 Å². The molecule has 158 valence electrons. The number of carbonyl (C=O) groups excluding carboxylic acids is 1. The van der Waals surface area contributed by atoms with Gasteiger partial charge in [-0.1, -0.05) is 36.4 Å². The summed E-state index contributed by atoms with van der Waals surface area (Å²) in [5.74, 6) is -1.31. The minimum absolute atomic E-state index is 0.147. The first kappa shape index (κ1) is 20.8.